The van der Waals surface area contributed by atoms with E-state index >= 15 is 0 Å². The summed E-state index contributed by atoms with van der Waals surface area (Å²) in [6.07, 6.45) is 2.30. The van der Waals surface area contributed by atoms with E-state index < -0.39 is 0 Å². The van der Waals surface area contributed by atoms with Gasteiger partial charge in [0.1, 0.15) is 11.9 Å². The Morgan fingerprint density at radius 3 is 2.89 bits per heavy atom. The Balaban J connectivity index is 1.80. The average molecular weight is 248 g/mol. The maximum Gasteiger partial charge on any atom is 0.228 e. The van der Waals surface area contributed by atoms with Crippen LogP contribution in [-0.4, -0.2) is 25.2 Å². The Morgan fingerprint density at radius 1 is 1.33 bits per heavy atom. The molecule has 1 aromatic rings. The van der Waals surface area contributed by atoms with E-state index in [-0.39, 0.29) is 12.0 Å². The summed E-state index contributed by atoms with van der Waals surface area (Å²) in [4.78, 5) is 11.3. The lowest BCUT2D eigenvalue weighted by Gasteiger charge is -2.24. The Labute approximate surface area is 105 Å². The van der Waals surface area contributed by atoms with Gasteiger partial charge in [-0.25, -0.2) is 0 Å². The van der Waals surface area contributed by atoms with Crippen LogP contribution in [0.2, 0.25) is 0 Å². The number of fused-ring (bicyclic) bond motifs is 1. The molecule has 1 fully saturated rings. The van der Waals surface area contributed by atoms with E-state index in [1.807, 2.05) is 12.1 Å². The third-order valence-electron chi connectivity index (χ3n) is 3.32. The number of amides is 1. The van der Waals surface area contributed by atoms with Gasteiger partial charge in [0, 0.05) is 24.6 Å². The molecule has 5 nitrogen and oxygen atoms in total. The summed E-state index contributed by atoms with van der Waals surface area (Å²) in [5.41, 5.74) is 8.31. The fraction of sp³-hybridized carbons (Fsp3) is 0.462. The first kappa shape index (κ1) is 11.3. The van der Waals surface area contributed by atoms with Crippen molar-refractivity contribution in [3.8, 4) is 5.75 Å². The highest BCUT2D eigenvalue weighted by atomic mass is 16.5. The molecule has 0 aromatic heterocycles. The number of nitrogens with two attached hydrogens (primary N) is 1. The van der Waals surface area contributed by atoms with E-state index in [1.165, 1.54) is 0 Å². The van der Waals surface area contributed by atoms with E-state index in [0.717, 1.165) is 37.3 Å². The van der Waals surface area contributed by atoms with E-state index in [4.69, 9.17) is 15.2 Å². The van der Waals surface area contributed by atoms with Crippen LogP contribution in [0.4, 0.5) is 11.4 Å². The highest BCUT2D eigenvalue weighted by molar-refractivity contribution is 6.00. The smallest absolute Gasteiger partial charge is 0.228 e. The number of hydrogen-bond donors (Lipinski definition) is 2. The number of hydrogen-bond acceptors (Lipinski definition) is 4. The van der Waals surface area contributed by atoms with Gasteiger partial charge < -0.3 is 20.5 Å². The zero-order valence-electron chi connectivity index (χ0n) is 10.1. The van der Waals surface area contributed by atoms with Gasteiger partial charge in [-0.1, -0.05) is 0 Å². The lowest BCUT2D eigenvalue weighted by atomic mass is 10.1. The molecule has 3 N–H and O–H groups in total. The third-order valence-corrected chi connectivity index (χ3v) is 3.32. The molecule has 0 atom stereocenters. The summed E-state index contributed by atoms with van der Waals surface area (Å²) in [6.45, 7) is 1.46. The molecule has 0 bridgehead atoms. The topological polar surface area (TPSA) is 73.6 Å². The van der Waals surface area contributed by atoms with Crippen LogP contribution < -0.4 is 15.8 Å². The van der Waals surface area contributed by atoms with Gasteiger partial charge in [0.15, 0.2) is 0 Å². The van der Waals surface area contributed by atoms with Crippen LogP contribution in [-0.2, 0) is 16.0 Å². The number of anilines is 2. The Morgan fingerprint density at radius 2 is 2.11 bits per heavy atom. The fourth-order valence-corrected chi connectivity index (χ4v) is 2.35. The van der Waals surface area contributed by atoms with E-state index in [1.54, 1.807) is 0 Å². The number of nitrogens with one attached hydrogen (secondary N) is 1. The molecule has 0 unspecified atom stereocenters. The van der Waals surface area contributed by atoms with Gasteiger partial charge >= 0.3 is 0 Å². The van der Waals surface area contributed by atoms with Gasteiger partial charge in [-0.2, -0.15) is 0 Å². The monoisotopic (exact) mass is 248 g/mol. The number of benzene rings is 1. The number of carbonyl (C=O) groups is 1. The summed E-state index contributed by atoms with van der Waals surface area (Å²) in [5, 5.41) is 2.80. The molecule has 0 spiro atoms. The van der Waals surface area contributed by atoms with Gasteiger partial charge in [-0.05, 0) is 11.6 Å². The minimum atomic E-state index is 0.00705. The maximum atomic E-state index is 11.3. The molecule has 1 aromatic carbocycles. The first-order valence-corrected chi connectivity index (χ1v) is 6.19. The highest BCUT2D eigenvalue weighted by Crippen LogP contribution is 2.34. The number of nitrogen functional groups attached to an aromatic ring is 1. The predicted octanol–water partition coefficient (Wildman–Crippen LogP) is 1.32. The predicted molar refractivity (Wildman–Crippen MR) is 67.7 cm³/mol. The van der Waals surface area contributed by atoms with Gasteiger partial charge in [-0.3, -0.25) is 4.79 Å². The third kappa shape index (κ3) is 2.13. The molecular formula is C13H16N2O3. The number of ether oxygens (including phenoxy) is 2. The van der Waals surface area contributed by atoms with Crippen LogP contribution in [0.3, 0.4) is 0 Å². The molecule has 2 aliphatic heterocycles. The molecule has 96 valence electrons. The van der Waals surface area contributed by atoms with E-state index in [2.05, 4.69) is 5.32 Å². The minimum Gasteiger partial charge on any atom is -0.488 e. The van der Waals surface area contributed by atoms with Crippen molar-refractivity contribution in [3.05, 3.63) is 17.7 Å². The van der Waals surface area contributed by atoms with Crippen molar-refractivity contribution >= 4 is 17.3 Å². The zero-order chi connectivity index (χ0) is 12.5. The maximum absolute atomic E-state index is 11.3. The first-order valence-electron chi connectivity index (χ1n) is 6.19. The Kier molecular flexibility index (Phi) is 2.83. The van der Waals surface area contributed by atoms with Gasteiger partial charge in [0.2, 0.25) is 5.91 Å². The van der Waals surface area contributed by atoms with E-state index in [0.29, 0.717) is 17.9 Å². The van der Waals surface area contributed by atoms with Crippen LogP contribution in [0.1, 0.15) is 18.4 Å². The van der Waals surface area contributed by atoms with Gasteiger partial charge in [0.05, 0.1) is 25.3 Å². The molecular weight excluding hydrogens is 232 g/mol. The van der Waals surface area contributed by atoms with Crippen molar-refractivity contribution in [1.29, 1.82) is 0 Å². The zero-order valence-corrected chi connectivity index (χ0v) is 10.1. The summed E-state index contributed by atoms with van der Waals surface area (Å²) in [5.74, 6) is 0.662. The molecule has 1 amide bonds. The largest absolute Gasteiger partial charge is 0.488 e. The van der Waals surface area contributed by atoms with Crippen molar-refractivity contribution in [2.45, 2.75) is 25.4 Å². The molecule has 18 heavy (non-hydrogen) atoms. The average Bonchev–Trinajstić information content (AvgIpc) is 2.70. The van der Waals surface area contributed by atoms with Gasteiger partial charge in [-0.15, -0.1) is 0 Å². The van der Waals surface area contributed by atoms with Crippen LogP contribution in [0.5, 0.6) is 5.75 Å². The molecule has 5 heteroatoms. The van der Waals surface area contributed by atoms with Crippen molar-refractivity contribution in [2.75, 3.05) is 24.3 Å². The lowest BCUT2D eigenvalue weighted by Crippen LogP contribution is -2.26. The molecule has 2 heterocycles. The minimum absolute atomic E-state index is 0.00705. The first-order chi connectivity index (χ1) is 8.72. The summed E-state index contributed by atoms with van der Waals surface area (Å²) in [6, 6.07) is 3.65. The van der Waals surface area contributed by atoms with Crippen molar-refractivity contribution < 1.29 is 14.3 Å². The number of rotatable bonds is 2. The Hall–Kier alpha value is -1.75. The van der Waals surface area contributed by atoms with E-state index in [9.17, 15) is 4.79 Å². The van der Waals surface area contributed by atoms with Crippen molar-refractivity contribution in [1.82, 2.24) is 0 Å². The standard InChI is InChI=1S/C13H16N2O3/c14-10-5-8-6-13(16)15-11(8)7-12(10)18-9-1-3-17-4-2-9/h5,7,9H,1-4,6,14H2,(H,15,16). The quantitative estimate of drug-likeness (QED) is 0.774. The van der Waals surface area contributed by atoms with Crippen LogP contribution >= 0.6 is 0 Å². The molecule has 2 aliphatic rings. The van der Waals surface area contributed by atoms with Crippen molar-refractivity contribution in [3.63, 3.8) is 0 Å². The lowest BCUT2D eigenvalue weighted by molar-refractivity contribution is -0.115. The van der Waals surface area contributed by atoms with Crippen LogP contribution in [0.25, 0.3) is 0 Å². The normalized spacial score (nSPS) is 19.4. The second-order valence-corrected chi connectivity index (χ2v) is 4.70. The summed E-state index contributed by atoms with van der Waals surface area (Å²) in [7, 11) is 0. The fourth-order valence-electron chi connectivity index (χ4n) is 2.35. The summed E-state index contributed by atoms with van der Waals surface area (Å²) >= 11 is 0. The van der Waals surface area contributed by atoms with Gasteiger partial charge in [0.25, 0.3) is 0 Å². The molecule has 0 radical (unpaired) electrons. The van der Waals surface area contributed by atoms with Crippen LogP contribution in [0, 0.1) is 0 Å². The molecule has 3 rings (SSSR count). The second-order valence-electron chi connectivity index (χ2n) is 4.70. The van der Waals surface area contributed by atoms with Crippen LogP contribution in [0.15, 0.2) is 12.1 Å². The SMILES string of the molecule is Nc1cc2c(cc1OC1CCOCC1)NC(=O)C2. The molecule has 0 saturated carbocycles. The molecule has 0 aliphatic carbocycles. The molecule has 1 saturated heterocycles. The summed E-state index contributed by atoms with van der Waals surface area (Å²) < 4.78 is 11.2. The second kappa shape index (κ2) is 4.49. The Bertz CT molecular complexity index is 481. The highest BCUT2D eigenvalue weighted by Gasteiger charge is 2.22. The number of carbonyl (C=O) groups excluding carboxylic acids is 1. The van der Waals surface area contributed by atoms with Crippen molar-refractivity contribution in [2.24, 2.45) is 0 Å².